The van der Waals surface area contributed by atoms with Crippen LogP contribution >= 0.6 is 0 Å². The number of aliphatic hydroxyl groups excluding tert-OH is 1. The molecule has 0 aromatic heterocycles. The Labute approximate surface area is 98.1 Å². The molecule has 0 spiro atoms. The van der Waals surface area contributed by atoms with E-state index in [2.05, 4.69) is 4.84 Å². The van der Waals surface area contributed by atoms with Crippen LogP contribution in [-0.4, -0.2) is 65.6 Å². The molecule has 8 nitrogen and oxygen atoms in total. The van der Waals surface area contributed by atoms with E-state index < -0.39 is 24.7 Å². The van der Waals surface area contributed by atoms with E-state index in [1.807, 2.05) is 5.48 Å². The van der Waals surface area contributed by atoms with Crippen LogP contribution in [0.15, 0.2) is 0 Å². The Balaban J connectivity index is 2.40. The summed E-state index contributed by atoms with van der Waals surface area (Å²) in [6.45, 7) is 1.56. The summed E-state index contributed by atoms with van der Waals surface area (Å²) >= 11 is 0. The molecule has 17 heavy (non-hydrogen) atoms. The average molecular weight is 248 g/mol. The summed E-state index contributed by atoms with van der Waals surface area (Å²) in [7, 11) is 0. The van der Waals surface area contributed by atoms with Crippen molar-refractivity contribution in [3.8, 4) is 0 Å². The molecule has 2 unspecified atom stereocenters. The topological polar surface area (TPSA) is 108 Å². The van der Waals surface area contributed by atoms with Crippen LogP contribution in [0.1, 0.15) is 6.92 Å². The Kier molecular flexibility index (Phi) is 5.13. The lowest BCUT2D eigenvalue weighted by atomic mass is 10.2. The molecule has 8 heteroatoms. The molecular formula is C9H16N2O6. The number of urea groups is 1. The van der Waals surface area contributed by atoms with Crippen molar-refractivity contribution in [2.75, 3.05) is 26.4 Å². The second-order valence-electron chi connectivity index (χ2n) is 3.73. The van der Waals surface area contributed by atoms with E-state index in [0.717, 1.165) is 0 Å². The number of hydrogen-bond donors (Lipinski definition) is 3. The molecule has 1 saturated heterocycles. The number of carbonyl (C=O) groups excluding carboxylic acids is 1. The van der Waals surface area contributed by atoms with Crippen LogP contribution in [0.25, 0.3) is 0 Å². The minimum atomic E-state index is -1.17. The van der Waals surface area contributed by atoms with E-state index in [-0.39, 0.29) is 19.2 Å². The van der Waals surface area contributed by atoms with Crippen LogP contribution in [0.4, 0.5) is 4.79 Å². The SMILES string of the molecule is CC1COC(CO)CN1C(=O)NOCC(=O)O. The summed E-state index contributed by atoms with van der Waals surface area (Å²) in [5.74, 6) is -1.17. The Morgan fingerprint density at radius 1 is 1.59 bits per heavy atom. The molecule has 1 heterocycles. The highest BCUT2D eigenvalue weighted by molar-refractivity contribution is 5.74. The number of aliphatic hydroxyl groups is 1. The van der Waals surface area contributed by atoms with Crippen molar-refractivity contribution >= 4 is 12.0 Å². The largest absolute Gasteiger partial charge is 0.479 e. The molecule has 3 N–H and O–H groups in total. The number of carboxylic acids is 1. The summed E-state index contributed by atoms with van der Waals surface area (Å²) in [5, 5.41) is 17.3. The zero-order valence-corrected chi connectivity index (χ0v) is 9.46. The van der Waals surface area contributed by atoms with Gasteiger partial charge in [-0.25, -0.2) is 15.1 Å². The van der Waals surface area contributed by atoms with Gasteiger partial charge in [0.1, 0.15) is 0 Å². The van der Waals surface area contributed by atoms with Crippen molar-refractivity contribution < 1.29 is 29.4 Å². The minimum Gasteiger partial charge on any atom is -0.479 e. The first-order chi connectivity index (χ1) is 8.04. The van der Waals surface area contributed by atoms with Gasteiger partial charge in [-0.1, -0.05) is 0 Å². The first-order valence-corrected chi connectivity index (χ1v) is 5.17. The average Bonchev–Trinajstić information content (AvgIpc) is 2.29. The smallest absolute Gasteiger partial charge is 0.341 e. The van der Waals surface area contributed by atoms with Gasteiger partial charge in [-0.15, -0.1) is 0 Å². The maximum absolute atomic E-state index is 11.6. The highest BCUT2D eigenvalue weighted by Crippen LogP contribution is 2.11. The summed E-state index contributed by atoms with van der Waals surface area (Å²) in [6.07, 6.45) is -0.420. The first kappa shape index (κ1) is 13.7. The van der Waals surface area contributed by atoms with Gasteiger partial charge in [-0.05, 0) is 6.92 Å². The van der Waals surface area contributed by atoms with Crippen LogP contribution in [0.5, 0.6) is 0 Å². The number of aliphatic carboxylic acids is 1. The number of carboxylic acid groups (broad SMARTS) is 1. The normalized spacial score (nSPS) is 24.5. The van der Waals surface area contributed by atoms with Crippen molar-refractivity contribution in [3.63, 3.8) is 0 Å². The predicted molar refractivity (Wildman–Crippen MR) is 55.1 cm³/mol. The molecule has 2 amide bonds. The zero-order valence-electron chi connectivity index (χ0n) is 9.46. The molecule has 0 aromatic rings. The summed E-state index contributed by atoms with van der Waals surface area (Å²) in [5.41, 5.74) is 2.03. The number of nitrogens with one attached hydrogen (secondary N) is 1. The molecule has 1 rings (SSSR count). The number of carbonyl (C=O) groups is 2. The lowest BCUT2D eigenvalue weighted by molar-refractivity contribution is -0.144. The lowest BCUT2D eigenvalue weighted by Crippen LogP contribution is -2.55. The van der Waals surface area contributed by atoms with Crippen molar-refractivity contribution in [1.29, 1.82) is 0 Å². The quantitative estimate of drug-likeness (QED) is 0.539. The van der Waals surface area contributed by atoms with E-state index in [1.165, 1.54) is 4.90 Å². The second-order valence-corrected chi connectivity index (χ2v) is 3.73. The third-order valence-corrected chi connectivity index (χ3v) is 2.33. The maximum atomic E-state index is 11.6. The van der Waals surface area contributed by atoms with Crippen LogP contribution in [0.2, 0.25) is 0 Å². The van der Waals surface area contributed by atoms with Crippen LogP contribution < -0.4 is 5.48 Å². The molecule has 2 atom stereocenters. The molecule has 0 saturated carbocycles. The Bertz CT molecular complexity index is 285. The van der Waals surface area contributed by atoms with Gasteiger partial charge in [0.25, 0.3) is 0 Å². The van der Waals surface area contributed by atoms with E-state index in [4.69, 9.17) is 14.9 Å². The maximum Gasteiger partial charge on any atom is 0.341 e. The number of hydroxylamine groups is 1. The summed E-state index contributed by atoms with van der Waals surface area (Å²) in [6, 6.07) is -0.702. The molecular weight excluding hydrogens is 232 g/mol. The van der Waals surface area contributed by atoms with Crippen molar-refractivity contribution in [2.24, 2.45) is 0 Å². The van der Waals surface area contributed by atoms with Crippen LogP contribution in [0, 0.1) is 0 Å². The van der Waals surface area contributed by atoms with Gasteiger partial charge in [-0.3, -0.25) is 4.84 Å². The zero-order chi connectivity index (χ0) is 12.8. The van der Waals surface area contributed by atoms with Gasteiger partial charge in [0.05, 0.1) is 31.9 Å². The molecule has 0 bridgehead atoms. The number of nitrogens with zero attached hydrogens (tertiary/aromatic N) is 1. The fourth-order valence-corrected chi connectivity index (χ4v) is 1.43. The van der Waals surface area contributed by atoms with Gasteiger partial charge >= 0.3 is 12.0 Å². The van der Waals surface area contributed by atoms with Crippen LogP contribution in [0.3, 0.4) is 0 Å². The van der Waals surface area contributed by atoms with Crippen molar-refractivity contribution in [3.05, 3.63) is 0 Å². The number of hydrogen-bond acceptors (Lipinski definition) is 5. The Morgan fingerprint density at radius 2 is 2.29 bits per heavy atom. The summed E-state index contributed by atoms with van der Waals surface area (Å²) < 4.78 is 5.26. The van der Waals surface area contributed by atoms with E-state index >= 15 is 0 Å². The number of rotatable bonds is 4. The van der Waals surface area contributed by atoms with E-state index in [1.54, 1.807) is 6.92 Å². The molecule has 98 valence electrons. The summed E-state index contributed by atoms with van der Waals surface area (Å²) in [4.78, 5) is 27.7. The lowest BCUT2D eigenvalue weighted by Gasteiger charge is -2.36. The van der Waals surface area contributed by atoms with Crippen LogP contribution in [-0.2, 0) is 14.4 Å². The number of ether oxygens (including phenoxy) is 1. The van der Waals surface area contributed by atoms with Crippen molar-refractivity contribution in [1.82, 2.24) is 10.4 Å². The Morgan fingerprint density at radius 3 is 2.88 bits per heavy atom. The standard InChI is InChI=1S/C9H16N2O6/c1-6-4-16-7(3-12)2-11(6)9(15)10-17-5-8(13)14/h6-7,12H,2-5H2,1H3,(H,10,15)(H,13,14). The fraction of sp³-hybridized carbons (Fsp3) is 0.778. The minimum absolute atomic E-state index is 0.161. The highest BCUT2D eigenvalue weighted by atomic mass is 16.7. The van der Waals surface area contributed by atoms with Gasteiger partial charge < -0.3 is 19.8 Å². The third-order valence-electron chi connectivity index (χ3n) is 2.33. The number of morpholine rings is 1. The predicted octanol–water partition coefficient (Wildman–Crippen LogP) is -1.21. The van der Waals surface area contributed by atoms with Gasteiger partial charge in [0.15, 0.2) is 6.61 Å². The molecule has 1 aliphatic rings. The molecule has 1 fully saturated rings. The highest BCUT2D eigenvalue weighted by Gasteiger charge is 2.29. The first-order valence-electron chi connectivity index (χ1n) is 5.17. The van der Waals surface area contributed by atoms with E-state index in [9.17, 15) is 9.59 Å². The molecule has 0 aliphatic carbocycles. The molecule has 1 aliphatic heterocycles. The number of amides is 2. The van der Waals surface area contributed by atoms with E-state index in [0.29, 0.717) is 6.61 Å². The Hall–Kier alpha value is -1.38. The second kappa shape index (κ2) is 6.38. The van der Waals surface area contributed by atoms with Crippen molar-refractivity contribution in [2.45, 2.75) is 19.1 Å². The third kappa shape index (κ3) is 4.17. The van der Waals surface area contributed by atoms with Gasteiger partial charge in [0.2, 0.25) is 0 Å². The molecule has 0 aromatic carbocycles. The van der Waals surface area contributed by atoms with Gasteiger partial charge in [0, 0.05) is 0 Å². The monoisotopic (exact) mass is 248 g/mol. The van der Waals surface area contributed by atoms with Gasteiger partial charge in [-0.2, -0.15) is 0 Å². The molecule has 0 radical (unpaired) electrons. The fourth-order valence-electron chi connectivity index (χ4n) is 1.43.